The van der Waals surface area contributed by atoms with E-state index in [1.807, 2.05) is 25.2 Å². The highest BCUT2D eigenvalue weighted by Crippen LogP contribution is 2.33. The van der Waals surface area contributed by atoms with Crippen molar-refractivity contribution in [3.63, 3.8) is 0 Å². The summed E-state index contributed by atoms with van der Waals surface area (Å²) >= 11 is 5.86. The molecule has 20 heavy (non-hydrogen) atoms. The normalized spacial score (nSPS) is 10.3. The number of benzene rings is 2. The van der Waals surface area contributed by atoms with Gasteiger partial charge in [0.25, 0.3) is 0 Å². The minimum Gasteiger partial charge on any atom is -0.450 e. The van der Waals surface area contributed by atoms with Crippen molar-refractivity contribution in [1.82, 2.24) is 5.32 Å². The summed E-state index contributed by atoms with van der Waals surface area (Å²) < 4.78 is 5.58. The fraction of sp³-hybridized carbons (Fsp3) is 0.143. The van der Waals surface area contributed by atoms with E-state index in [2.05, 4.69) is 5.32 Å². The molecule has 2 rings (SSSR count). The molecule has 0 aliphatic heterocycles. The van der Waals surface area contributed by atoms with Crippen LogP contribution < -0.4 is 10.1 Å². The fourth-order valence-corrected chi connectivity index (χ4v) is 1.93. The van der Waals surface area contributed by atoms with Crippen LogP contribution in [0.4, 0.5) is 5.69 Å². The molecule has 2 aromatic carbocycles. The van der Waals surface area contributed by atoms with Crippen LogP contribution in [0.2, 0.25) is 5.02 Å². The third kappa shape index (κ3) is 3.46. The van der Waals surface area contributed by atoms with E-state index in [9.17, 15) is 10.1 Å². The Morgan fingerprint density at radius 3 is 2.80 bits per heavy atom. The monoisotopic (exact) mass is 292 g/mol. The number of halogens is 1. The Morgan fingerprint density at radius 2 is 2.10 bits per heavy atom. The maximum absolute atomic E-state index is 11.0. The lowest BCUT2D eigenvalue weighted by atomic mass is 10.2. The quantitative estimate of drug-likeness (QED) is 0.673. The molecule has 0 saturated heterocycles. The van der Waals surface area contributed by atoms with Crippen LogP contribution in [-0.4, -0.2) is 12.0 Å². The molecule has 0 fully saturated rings. The van der Waals surface area contributed by atoms with Gasteiger partial charge in [0.05, 0.1) is 4.92 Å². The molecule has 0 unspecified atom stereocenters. The highest BCUT2D eigenvalue weighted by Gasteiger charge is 2.16. The number of hydrogen-bond donors (Lipinski definition) is 1. The van der Waals surface area contributed by atoms with E-state index in [0.717, 1.165) is 5.56 Å². The molecule has 0 spiro atoms. The van der Waals surface area contributed by atoms with Crippen molar-refractivity contribution < 1.29 is 9.66 Å². The van der Waals surface area contributed by atoms with E-state index in [1.165, 1.54) is 18.2 Å². The van der Waals surface area contributed by atoms with Crippen molar-refractivity contribution >= 4 is 17.3 Å². The van der Waals surface area contributed by atoms with Gasteiger partial charge in [0, 0.05) is 23.7 Å². The lowest BCUT2D eigenvalue weighted by Gasteiger charge is -2.08. The van der Waals surface area contributed by atoms with Crippen molar-refractivity contribution in [2.75, 3.05) is 7.05 Å². The van der Waals surface area contributed by atoms with Gasteiger partial charge in [0.2, 0.25) is 5.75 Å². The molecule has 0 saturated carbocycles. The molecule has 0 aliphatic rings. The molecule has 6 heteroatoms. The second-order valence-electron chi connectivity index (χ2n) is 4.15. The molecule has 0 atom stereocenters. The Balaban J connectivity index is 2.31. The van der Waals surface area contributed by atoms with Gasteiger partial charge in [0.1, 0.15) is 5.75 Å². The number of hydrogen-bond acceptors (Lipinski definition) is 4. The molecule has 0 aromatic heterocycles. The third-order valence-electron chi connectivity index (χ3n) is 2.63. The molecule has 104 valence electrons. The van der Waals surface area contributed by atoms with E-state index in [0.29, 0.717) is 17.3 Å². The van der Waals surface area contributed by atoms with Gasteiger partial charge >= 0.3 is 5.69 Å². The molecule has 0 amide bonds. The lowest BCUT2D eigenvalue weighted by molar-refractivity contribution is -0.385. The van der Waals surface area contributed by atoms with Crippen LogP contribution in [0.3, 0.4) is 0 Å². The van der Waals surface area contributed by atoms with E-state index in [1.54, 1.807) is 6.07 Å². The fourth-order valence-electron chi connectivity index (χ4n) is 1.77. The van der Waals surface area contributed by atoms with Gasteiger partial charge in [-0.25, -0.2) is 0 Å². The molecule has 1 N–H and O–H groups in total. The van der Waals surface area contributed by atoms with E-state index in [-0.39, 0.29) is 11.4 Å². The third-order valence-corrected chi connectivity index (χ3v) is 2.86. The standard InChI is InChI=1S/C14H13ClN2O3/c1-16-9-10-3-2-4-12(7-10)20-14-8-11(15)5-6-13(14)17(18)19/h2-8,16H,9H2,1H3. The maximum Gasteiger partial charge on any atom is 0.311 e. The first kappa shape index (κ1) is 14.3. The number of nitro groups is 1. The second-order valence-corrected chi connectivity index (χ2v) is 4.59. The zero-order chi connectivity index (χ0) is 14.5. The van der Waals surface area contributed by atoms with Crippen molar-refractivity contribution in [3.05, 3.63) is 63.2 Å². The molecular formula is C14H13ClN2O3. The van der Waals surface area contributed by atoms with Crippen LogP contribution in [0.1, 0.15) is 5.56 Å². The first-order chi connectivity index (χ1) is 9.60. The number of ether oxygens (including phenoxy) is 1. The Labute approximate surface area is 121 Å². The summed E-state index contributed by atoms with van der Waals surface area (Å²) in [5.41, 5.74) is 0.906. The lowest BCUT2D eigenvalue weighted by Crippen LogP contribution is -2.04. The summed E-state index contributed by atoms with van der Waals surface area (Å²) in [6, 6.07) is 11.6. The predicted molar refractivity (Wildman–Crippen MR) is 77.4 cm³/mol. The molecule has 0 aliphatic carbocycles. The van der Waals surface area contributed by atoms with Crippen LogP contribution in [0.25, 0.3) is 0 Å². The van der Waals surface area contributed by atoms with Crippen molar-refractivity contribution in [3.8, 4) is 11.5 Å². The van der Waals surface area contributed by atoms with Gasteiger partial charge in [-0.2, -0.15) is 0 Å². The Morgan fingerprint density at radius 1 is 1.30 bits per heavy atom. The minimum atomic E-state index is -0.497. The second kappa shape index (κ2) is 6.36. The van der Waals surface area contributed by atoms with Crippen molar-refractivity contribution in [2.24, 2.45) is 0 Å². The zero-order valence-corrected chi connectivity index (χ0v) is 11.6. The smallest absolute Gasteiger partial charge is 0.311 e. The first-order valence-corrected chi connectivity index (χ1v) is 6.33. The average molecular weight is 293 g/mol. The summed E-state index contributed by atoms with van der Waals surface area (Å²) in [7, 11) is 1.84. The number of rotatable bonds is 5. The van der Waals surface area contributed by atoms with Gasteiger partial charge in [-0.1, -0.05) is 23.7 Å². The van der Waals surface area contributed by atoms with Crippen LogP contribution in [0.15, 0.2) is 42.5 Å². The predicted octanol–water partition coefficient (Wildman–Crippen LogP) is 3.76. The average Bonchev–Trinajstić information content (AvgIpc) is 2.39. The van der Waals surface area contributed by atoms with Gasteiger partial charge in [0.15, 0.2) is 0 Å². The van der Waals surface area contributed by atoms with Gasteiger partial charge < -0.3 is 10.1 Å². The maximum atomic E-state index is 11.0. The molecule has 2 aromatic rings. The van der Waals surface area contributed by atoms with Crippen LogP contribution in [0.5, 0.6) is 11.5 Å². The summed E-state index contributed by atoms with van der Waals surface area (Å²) in [6.07, 6.45) is 0. The summed E-state index contributed by atoms with van der Waals surface area (Å²) in [4.78, 5) is 10.5. The Bertz CT molecular complexity index is 632. The van der Waals surface area contributed by atoms with Gasteiger partial charge in [-0.3, -0.25) is 10.1 Å². The van der Waals surface area contributed by atoms with Crippen LogP contribution in [0, 0.1) is 10.1 Å². The molecular weight excluding hydrogens is 280 g/mol. The Kier molecular flexibility index (Phi) is 4.55. The highest BCUT2D eigenvalue weighted by molar-refractivity contribution is 6.30. The summed E-state index contributed by atoms with van der Waals surface area (Å²) in [5.74, 6) is 0.659. The highest BCUT2D eigenvalue weighted by atomic mass is 35.5. The SMILES string of the molecule is CNCc1cccc(Oc2cc(Cl)ccc2[N+](=O)[O-])c1. The minimum absolute atomic E-state index is 0.117. The van der Waals surface area contributed by atoms with Crippen molar-refractivity contribution in [1.29, 1.82) is 0 Å². The van der Waals surface area contributed by atoms with Crippen molar-refractivity contribution in [2.45, 2.75) is 6.54 Å². The molecule has 0 bridgehead atoms. The molecule has 5 nitrogen and oxygen atoms in total. The van der Waals surface area contributed by atoms with E-state index < -0.39 is 4.92 Å². The number of nitrogens with one attached hydrogen (secondary N) is 1. The topological polar surface area (TPSA) is 64.4 Å². The molecule has 0 heterocycles. The largest absolute Gasteiger partial charge is 0.450 e. The number of nitro benzene ring substituents is 1. The summed E-state index contributed by atoms with van der Waals surface area (Å²) in [6.45, 7) is 0.689. The summed E-state index contributed by atoms with van der Waals surface area (Å²) in [5, 5.41) is 14.4. The van der Waals surface area contributed by atoms with Crippen LogP contribution in [-0.2, 0) is 6.54 Å². The first-order valence-electron chi connectivity index (χ1n) is 5.95. The molecule has 0 radical (unpaired) electrons. The van der Waals surface area contributed by atoms with Gasteiger partial charge in [-0.15, -0.1) is 0 Å². The van der Waals surface area contributed by atoms with Crippen LogP contribution >= 0.6 is 11.6 Å². The zero-order valence-electron chi connectivity index (χ0n) is 10.8. The van der Waals surface area contributed by atoms with E-state index >= 15 is 0 Å². The van der Waals surface area contributed by atoms with E-state index in [4.69, 9.17) is 16.3 Å². The number of nitrogens with zero attached hydrogens (tertiary/aromatic N) is 1. The Hall–Kier alpha value is -2.11. The van der Waals surface area contributed by atoms with Gasteiger partial charge in [-0.05, 0) is 30.8 Å².